The van der Waals surface area contributed by atoms with Crippen LogP contribution in [0.25, 0.3) is 38.6 Å². The Balaban J connectivity index is 1.58. The van der Waals surface area contributed by atoms with Gasteiger partial charge in [0, 0.05) is 16.3 Å². The van der Waals surface area contributed by atoms with Crippen molar-refractivity contribution >= 4 is 50.6 Å². The van der Waals surface area contributed by atoms with Crippen LogP contribution in [-0.4, -0.2) is 12.6 Å². The van der Waals surface area contributed by atoms with Crippen LogP contribution in [0.2, 0.25) is 0 Å². The normalized spacial score (nSPS) is 11.3. The molecular formula is C44H29N3Si. The Morgan fingerprint density at radius 2 is 0.854 bits per heavy atom. The number of para-hydroxylation sites is 2. The van der Waals surface area contributed by atoms with Crippen LogP contribution in [0.3, 0.4) is 0 Å². The molecule has 224 valence electrons. The third kappa shape index (κ3) is 4.40. The standard InChI is InChI=1S/C44H29N3Si/c45-30-32-16-15-29-42(47-40-27-12-10-24-37(40)38-25-11-13-28-41(38)47)43(32)39-26-14-17-33(31-46)44(39)48(34-18-4-1-5-19-34,35-20-6-2-7-21-35)36-22-8-3-9-23-36/h1-29H. The van der Waals surface area contributed by atoms with Crippen LogP contribution < -0.4 is 20.7 Å². The topological polar surface area (TPSA) is 52.5 Å². The van der Waals surface area contributed by atoms with Crippen molar-refractivity contribution in [2.45, 2.75) is 0 Å². The van der Waals surface area contributed by atoms with E-state index in [-0.39, 0.29) is 0 Å². The van der Waals surface area contributed by atoms with Crippen LogP contribution in [0.15, 0.2) is 176 Å². The van der Waals surface area contributed by atoms with Gasteiger partial charge in [0.05, 0.1) is 40.0 Å². The summed E-state index contributed by atoms with van der Waals surface area (Å²) in [7, 11) is -3.18. The molecule has 0 aliphatic rings. The summed E-state index contributed by atoms with van der Waals surface area (Å²) >= 11 is 0. The molecular weight excluding hydrogens is 599 g/mol. The van der Waals surface area contributed by atoms with Crippen molar-refractivity contribution in [2.24, 2.45) is 0 Å². The SMILES string of the molecule is N#Cc1cccc(-n2c3ccccc3c3ccccc32)c1-c1cccc(C#N)c1[Si](c1ccccc1)(c1ccccc1)c1ccccc1. The molecule has 8 aromatic rings. The van der Waals surface area contributed by atoms with E-state index >= 15 is 0 Å². The fraction of sp³-hybridized carbons (Fsp3) is 0. The van der Waals surface area contributed by atoms with Crippen molar-refractivity contribution in [3.63, 3.8) is 0 Å². The monoisotopic (exact) mass is 627 g/mol. The molecule has 0 spiro atoms. The molecule has 3 nitrogen and oxygen atoms in total. The molecule has 0 N–H and O–H groups in total. The van der Waals surface area contributed by atoms with Crippen LogP contribution >= 0.6 is 0 Å². The summed E-state index contributed by atoms with van der Waals surface area (Å²) in [6, 6.07) is 65.9. The van der Waals surface area contributed by atoms with E-state index in [1.54, 1.807) is 0 Å². The Labute approximate surface area is 280 Å². The molecule has 1 aromatic heterocycles. The summed E-state index contributed by atoms with van der Waals surface area (Å²) in [5.74, 6) is 0. The molecule has 0 bridgehead atoms. The maximum Gasteiger partial charge on any atom is 0.181 e. The lowest BCUT2D eigenvalue weighted by Crippen LogP contribution is -2.75. The smallest absolute Gasteiger partial charge is 0.181 e. The first kappa shape index (κ1) is 29.0. The van der Waals surface area contributed by atoms with Gasteiger partial charge < -0.3 is 4.57 Å². The summed E-state index contributed by atoms with van der Waals surface area (Å²) in [6.45, 7) is 0. The number of nitrogens with zero attached hydrogens (tertiary/aromatic N) is 3. The Morgan fingerprint density at radius 3 is 1.35 bits per heavy atom. The number of nitriles is 2. The molecule has 0 aliphatic heterocycles. The maximum absolute atomic E-state index is 11.0. The third-order valence-electron chi connectivity index (χ3n) is 9.43. The zero-order valence-electron chi connectivity index (χ0n) is 26.1. The number of hydrogen-bond acceptors (Lipinski definition) is 2. The lowest BCUT2D eigenvalue weighted by molar-refractivity contribution is 1.18. The highest BCUT2D eigenvalue weighted by Crippen LogP contribution is 2.38. The molecule has 4 heteroatoms. The fourth-order valence-corrected chi connectivity index (χ4v) is 12.6. The Bertz CT molecular complexity index is 2370. The second-order valence-electron chi connectivity index (χ2n) is 11.9. The molecule has 0 amide bonds. The van der Waals surface area contributed by atoms with Gasteiger partial charge in [0.15, 0.2) is 8.07 Å². The molecule has 0 aliphatic carbocycles. The predicted octanol–water partition coefficient (Wildman–Crippen LogP) is 7.57. The Hall–Kier alpha value is -6.46. The fourth-order valence-electron chi connectivity index (χ4n) is 7.54. The van der Waals surface area contributed by atoms with Crippen molar-refractivity contribution in [1.82, 2.24) is 4.57 Å². The Morgan fingerprint density at radius 1 is 0.417 bits per heavy atom. The van der Waals surface area contributed by atoms with Crippen molar-refractivity contribution in [3.05, 3.63) is 187 Å². The van der Waals surface area contributed by atoms with Crippen LogP contribution in [0.5, 0.6) is 0 Å². The van der Waals surface area contributed by atoms with Gasteiger partial charge in [-0.15, -0.1) is 0 Å². The van der Waals surface area contributed by atoms with E-state index in [4.69, 9.17) is 0 Å². The van der Waals surface area contributed by atoms with Crippen LogP contribution in [0, 0.1) is 22.7 Å². The molecule has 1 heterocycles. The minimum atomic E-state index is -3.18. The maximum atomic E-state index is 11.0. The van der Waals surface area contributed by atoms with Crippen molar-refractivity contribution in [2.75, 3.05) is 0 Å². The van der Waals surface area contributed by atoms with Gasteiger partial charge in [0.25, 0.3) is 0 Å². The number of hydrogen-bond donors (Lipinski definition) is 0. The summed E-state index contributed by atoms with van der Waals surface area (Å²) in [5.41, 5.74) is 5.90. The van der Waals surface area contributed by atoms with Crippen LogP contribution in [0.1, 0.15) is 11.1 Å². The highest BCUT2D eigenvalue weighted by molar-refractivity contribution is 7.20. The zero-order valence-corrected chi connectivity index (χ0v) is 27.1. The quantitative estimate of drug-likeness (QED) is 0.141. The summed E-state index contributed by atoms with van der Waals surface area (Å²) < 4.78 is 2.28. The van der Waals surface area contributed by atoms with Gasteiger partial charge in [-0.05, 0) is 56.6 Å². The largest absolute Gasteiger partial charge is 0.309 e. The molecule has 0 fully saturated rings. The number of rotatable bonds is 6. The van der Waals surface area contributed by atoms with Gasteiger partial charge >= 0.3 is 0 Å². The lowest BCUT2D eigenvalue weighted by atomic mass is 9.96. The summed E-state index contributed by atoms with van der Waals surface area (Å²) in [5, 5.41) is 28.5. The zero-order chi connectivity index (χ0) is 32.5. The molecule has 0 atom stereocenters. The minimum absolute atomic E-state index is 0.558. The number of aromatic nitrogens is 1. The molecule has 48 heavy (non-hydrogen) atoms. The second kappa shape index (κ2) is 12.0. The predicted molar refractivity (Wildman–Crippen MR) is 199 cm³/mol. The third-order valence-corrected chi connectivity index (χ3v) is 14.3. The van der Waals surface area contributed by atoms with Crippen molar-refractivity contribution in [3.8, 4) is 29.0 Å². The van der Waals surface area contributed by atoms with Crippen molar-refractivity contribution < 1.29 is 0 Å². The number of fused-ring (bicyclic) bond motifs is 3. The Kier molecular flexibility index (Phi) is 7.27. The van der Waals surface area contributed by atoms with E-state index in [9.17, 15) is 10.5 Å². The first-order chi connectivity index (χ1) is 23.8. The van der Waals surface area contributed by atoms with E-state index in [1.807, 2.05) is 42.5 Å². The van der Waals surface area contributed by atoms with E-state index in [2.05, 4.69) is 150 Å². The molecule has 7 aromatic carbocycles. The van der Waals surface area contributed by atoms with E-state index in [0.717, 1.165) is 43.8 Å². The average Bonchev–Trinajstić information content (AvgIpc) is 3.50. The lowest BCUT2D eigenvalue weighted by Gasteiger charge is -2.37. The second-order valence-corrected chi connectivity index (χ2v) is 15.6. The average molecular weight is 628 g/mol. The summed E-state index contributed by atoms with van der Waals surface area (Å²) in [6.07, 6.45) is 0. The first-order valence-corrected chi connectivity index (χ1v) is 18.0. The van der Waals surface area contributed by atoms with Gasteiger partial charge in [-0.3, -0.25) is 0 Å². The van der Waals surface area contributed by atoms with Crippen LogP contribution in [-0.2, 0) is 0 Å². The van der Waals surface area contributed by atoms with Gasteiger partial charge in [-0.2, -0.15) is 10.5 Å². The van der Waals surface area contributed by atoms with Gasteiger partial charge in [-0.1, -0.05) is 146 Å². The number of benzene rings is 7. The van der Waals surface area contributed by atoms with Crippen molar-refractivity contribution in [1.29, 1.82) is 10.5 Å². The minimum Gasteiger partial charge on any atom is -0.309 e. The highest BCUT2D eigenvalue weighted by Gasteiger charge is 2.45. The van der Waals surface area contributed by atoms with E-state index < -0.39 is 8.07 Å². The molecule has 0 saturated heterocycles. The molecule has 0 saturated carbocycles. The molecule has 0 unspecified atom stereocenters. The van der Waals surface area contributed by atoms with E-state index in [0.29, 0.717) is 11.1 Å². The van der Waals surface area contributed by atoms with Gasteiger partial charge in [0.2, 0.25) is 0 Å². The highest BCUT2D eigenvalue weighted by atomic mass is 28.3. The van der Waals surface area contributed by atoms with E-state index in [1.165, 1.54) is 15.6 Å². The first-order valence-electron chi connectivity index (χ1n) is 16.0. The molecule has 8 rings (SSSR count). The molecule has 0 radical (unpaired) electrons. The van der Waals surface area contributed by atoms with Crippen LogP contribution in [0.4, 0.5) is 0 Å². The van der Waals surface area contributed by atoms with Gasteiger partial charge in [-0.25, -0.2) is 0 Å². The van der Waals surface area contributed by atoms with Gasteiger partial charge in [0.1, 0.15) is 0 Å². The summed E-state index contributed by atoms with van der Waals surface area (Å²) in [4.78, 5) is 0.